The molecule has 1 aliphatic heterocycles. The van der Waals surface area contributed by atoms with E-state index in [9.17, 15) is 15.3 Å². The maximum absolute atomic E-state index is 11.1. The van der Waals surface area contributed by atoms with Crippen molar-refractivity contribution in [2.24, 2.45) is 11.8 Å². The van der Waals surface area contributed by atoms with Crippen molar-refractivity contribution in [2.45, 2.75) is 31.0 Å². The fraction of sp³-hybridized carbons (Fsp3) is 0.500. The Morgan fingerprint density at radius 3 is 2.61 bits per heavy atom. The van der Waals surface area contributed by atoms with Gasteiger partial charge in [0.2, 0.25) is 0 Å². The third-order valence-electron chi connectivity index (χ3n) is 6.15. The highest BCUT2D eigenvalue weighted by Gasteiger charge is 2.48. The van der Waals surface area contributed by atoms with Crippen LogP contribution in [0.5, 0.6) is 11.5 Å². The van der Waals surface area contributed by atoms with E-state index >= 15 is 0 Å². The molecule has 4 atom stereocenters. The highest BCUT2D eigenvalue weighted by atomic mass is 16.5. The highest BCUT2D eigenvalue weighted by Crippen LogP contribution is 2.45. The average molecular weight is 384 g/mol. The lowest BCUT2D eigenvalue weighted by Gasteiger charge is -2.27. The zero-order valence-corrected chi connectivity index (χ0v) is 16.2. The minimum atomic E-state index is -0.671. The molecule has 6 heteroatoms. The van der Waals surface area contributed by atoms with Gasteiger partial charge in [-0.05, 0) is 54.5 Å². The van der Waals surface area contributed by atoms with Gasteiger partial charge in [-0.3, -0.25) is 9.88 Å². The number of nitrogens with zero attached hydrogens (tertiary/aromatic N) is 2. The van der Waals surface area contributed by atoms with Crippen LogP contribution in [0.15, 0.2) is 42.6 Å². The molecule has 1 aromatic carbocycles. The van der Waals surface area contributed by atoms with Crippen molar-refractivity contribution >= 4 is 0 Å². The van der Waals surface area contributed by atoms with Gasteiger partial charge < -0.3 is 20.1 Å². The second kappa shape index (κ2) is 7.70. The van der Waals surface area contributed by atoms with Gasteiger partial charge in [-0.1, -0.05) is 12.1 Å². The van der Waals surface area contributed by atoms with Crippen LogP contribution in [-0.2, 0) is 6.42 Å². The van der Waals surface area contributed by atoms with Gasteiger partial charge in [0.1, 0.15) is 17.6 Å². The Hall–Kier alpha value is -2.15. The average Bonchev–Trinajstić information content (AvgIpc) is 3.16. The van der Waals surface area contributed by atoms with Crippen LogP contribution < -0.4 is 4.74 Å². The molecule has 2 fully saturated rings. The van der Waals surface area contributed by atoms with Crippen LogP contribution in [0.4, 0.5) is 0 Å². The first-order valence-electron chi connectivity index (χ1n) is 9.85. The first-order valence-corrected chi connectivity index (χ1v) is 9.85. The van der Waals surface area contributed by atoms with Crippen molar-refractivity contribution in [1.29, 1.82) is 0 Å². The zero-order chi connectivity index (χ0) is 19.7. The largest absolute Gasteiger partial charge is 0.506 e. The Labute approximate surface area is 165 Å². The number of pyridine rings is 1. The van der Waals surface area contributed by atoms with Crippen LogP contribution in [0.25, 0.3) is 0 Å². The summed E-state index contributed by atoms with van der Waals surface area (Å²) >= 11 is 0. The Kier molecular flexibility index (Phi) is 5.27. The third-order valence-corrected chi connectivity index (χ3v) is 6.15. The zero-order valence-electron chi connectivity index (χ0n) is 16.2. The Morgan fingerprint density at radius 1 is 1.21 bits per heavy atom. The number of aliphatic hydroxyl groups is 2. The van der Waals surface area contributed by atoms with E-state index < -0.39 is 11.7 Å². The van der Waals surface area contributed by atoms with E-state index in [-0.39, 0.29) is 5.75 Å². The summed E-state index contributed by atoms with van der Waals surface area (Å²) in [5.74, 6) is 1.83. The minimum Gasteiger partial charge on any atom is -0.506 e. The van der Waals surface area contributed by atoms with Gasteiger partial charge in [-0.15, -0.1) is 0 Å². The second-order valence-corrected chi connectivity index (χ2v) is 8.36. The topological polar surface area (TPSA) is 86.1 Å². The molecule has 1 unspecified atom stereocenters. The molecule has 0 spiro atoms. The number of methoxy groups -OCH3 is 1. The number of β-amino-alcohol motifs (C(OH)–C–C–N with tert-alkyl or cyclic N) is 1. The Morgan fingerprint density at radius 2 is 1.96 bits per heavy atom. The summed E-state index contributed by atoms with van der Waals surface area (Å²) in [6, 6.07) is 11.1. The number of rotatable bonds is 6. The predicted molar refractivity (Wildman–Crippen MR) is 105 cm³/mol. The predicted octanol–water partition coefficient (Wildman–Crippen LogP) is 2.14. The number of benzene rings is 1. The number of ether oxygens (including phenoxy) is 1. The number of fused-ring (bicyclic) bond motifs is 1. The van der Waals surface area contributed by atoms with Crippen LogP contribution in [-0.4, -0.2) is 57.5 Å². The van der Waals surface area contributed by atoms with Crippen LogP contribution in [0, 0.1) is 11.8 Å². The summed E-state index contributed by atoms with van der Waals surface area (Å²) in [7, 11) is 1.66. The van der Waals surface area contributed by atoms with Gasteiger partial charge in [-0.25, -0.2) is 0 Å². The molecule has 1 aliphatic carbocycles. The van der Waals surface area contributed by atoms with E-state index in [1.165, 1.54) is 6.20 Å². The maximum atomic E-state index is 11.1. The highest BCUT2D eigenvalue weighted by molar-refractivity contribution is 5.30. The van der Waals surface area contributed by atoms with E-state index in [0.29, 0.717) is 30.5 Å². The summed E-state index contributed by atoms with van der Waals surface area (Å²) in [5.41, 5.74) is 1.02. The first-order chi connectivity index (χ1) is 13.4. The molecule has 150 valence electrons. The van der Waals surface area contributed by atoms with Crippen molar-refractivity contribution < 1.29 is 20.1 Å². The monoisotopic (exact) mass is 384 g/mol. The van der Waals surface area contributed by atoms with E-state index in [2.05, 4.69) is 9.88 Å². The van der Waals surface area contributed by atoms with Crippen molar-refractivity contribution in [3.63, 3.8) is 0 Å². The lowest BCUT2D eigenvalue weighted by molar-refractivity contribution is 0.0326. The summed E-state index contributed by atoms with van der Waals surface area (Å²) in [4.78, 5) is 6.36. The first kappa shape index (κ1) is 19.2. The molecule has 4 rings (SSSR count). The molecule has 1 saturated carbocycles. The lowest BCUT2D eigenvalue weighted by atomic mass is 9.91. The van der Waals surface area contributed by atoms with E-state index in [1.807, 2.05) is 24.3 Å². The van der Waals surface area contributed by atoms with E-state index in [1.54, 1.807) is 19.2 Å². The number of aromatic nitrogens is 1. The molecule has 1 saturated heterocycles. The van der Waals surface area contributed by atoms with Crippen LogP contribution in [0.2, 0.25) is 0 Å². The smallest absolute Gasteiger partial charge is 0.133 e. The van der Waals surface area contributed by atoms with Crippen molar-refractivity contribution in [2.75, 3.05) is 26.7 Å². The van der Waals surface area contributed by atoms with Crippen LogP contribution >= 0.6 is 0 Å². The van der Waals surface area contributed by atoms with Gasteiger partial charge in [0.05, 0.1) is 24.6 Å². The SMILES string of the molecule is COc1cccc(C[C@]2(O)C[C@H]3CN(CC(O)c4ccc(O)cn4)C[C@H]3C2)c1. The van der Waals surface area contributed by atoms with Crippen molar-refractivity contribution in [3.8, 4) is 11.5 Å². The lowest BCUT2D eigenvalue weighted by Crippen LogP contribution is -2.33. The normalized spacial score (nSPS) is 28.2. The Bertz CT molecular complexity index is 796. The summed E-state index contributed by atoms with van der Waals surface area (Å²) in [5, 5.41) is 30.9. The standard InChI is InChI=1S/C22H28N2O4/c1-28-19-4-2-3-15(7-19)8-22(27)9-16-12-24(13-17(16)10-22)14-21(26)20-6-5-18(25)11-23-20/h2-7,11,16-17,21,25-27H,8-10,12-14H2,1H3/t16-,17+,21?,22-. The molecule has 2 aliphatic rings. The van der Waals surface area contributed by atoms with E-state index in [4.69, 9.17) is 4.74 Å². The van der Waals surface area contributed by atoms with Crippen LogP contribution in [0.1, 0.15) is 30.2 Å². The number of hydrogen-bond acceptors (Lipinski definition) is 6. The van der Waals surface area contributed by atoms with Crippen molar-refractivity contribution in [1.82, 2.24) is 9.88 Å². The molecular formula is C22H28N2O4. The molecule has 1 aromatic heterocycles. The Balaban J connectivity index is 1.33. The summed E-state index contributed by atoms with van der Waals surface area (Å²) in [6.45, 7) is 2.31. The molecule has 6 nitrogen and oxygen atoms in total. The fourth-order valence-electron chi connectivity index (χ4n) is 4.95. The fourth-order valence-corrected chi connectivity index (χ4v) is 4.95. The minimum absolute atomic E-state index is 0.0991. The van der Waals surface area contributed by atoms with Gasteiger partial charge in [0, 0.05) is 26.1 Å². The number of likely N-dealkylation sites (tertiary alicyclic amines) is 1. The van der Waals surface area contributed by atoms with Crippen molar-refractivity contribution in [3.05, 3.63) is 53.9 Å². The summed E-state index contributed by atoms with van der Waals surface area (Å²) in [6.07, 6.45) is 2.92. The number of aliphatic hydroxyl groups excluding tert-OH is 1. The maximum Gasteiger partial charge on any atom is 0.133 e. The molecule has 0 bridgehead atoms. The summed E-state index contributed by atoms with van der Waals surface area (Å²) < 4.78 is 5.29. The van der Waals surface area contributed by atoms with Gasteiger partial charge in [0.15, 0.2) is 0 Å². The van der Waals surface area contributed by atoms with Gasteiger partial charge in [-0.2, -0.15) is 0 Å². The van der Waals surface area contributed by atoms with Gasteiger partial charge >= 0.3 is 0 Å². The number of aromatic hydroxyl groups is 1. The molecular weight excluding hydrogens is 356 g/mol. The second-order valence-electron chi connectivity index (χ2n) is 8.36. The van der Waals surface area contributed by atoms with E-state index in [0.717, 1.165) is 37.2 Å². The van der Waals surface area contributed by atoms with Crippen LogP contribution in [0.3, 0.4) is 0 Å². The molecule has 0 radical (unpaired) electrons. The molecule has 28 heavy (non-hydrogen) atoms. The quantitative estimate of drug-likeness (QED) is 0.708. The third kappa shape index (κ3) is 4.14. The molecule has 0 amide bonds. The van der Waals surface area contributed by atoms with Gasteiger partial charge in [0.25, 0.3) is 0 Å². The molecule has 2 heterocycles. The molecule has 3 N–H and O–H groups in total. The number of hydrogen-bond donors (Lipinski definition) is 3. The molecule has 2 aromatic rings.